The van der Waals surface area contributed by atoms with E-state index in [1.165, 1.54) is 7.11 Å². The van der Waals surface area contributed by atoms with Gasteiger partial charge in [-0.1, -0.05) is 13.0 Å². The standard InChI is InChI=1S/C15H22BFO3/c1-7-10-11(8-9-12(18-6)13(10)17)16-19-14(2,3)15(4,5)20-16/h8-9H,7H2,1-6H3. The predicted octanol–water partition coefficient (Wildman–Crippen LogP) is 2.70. The minimum atomic E-state index is -0.546. The number of hydrogen-bond acceptors (Lipinski definition) is 3. The summed E-state index contributed by atoms with van der Waals surface area (Å²) in [6.45, 7) is 9.85. The Bertz CT molecular complexity index is 498. The summed E-state index contributed by atoms with van der Waals surface area (Å²) in [7, 11) is 0.919. The van der Waals surface area contributed by atoms with E-state index < -0.39 is 18.3 Å². The van der Waals surface area contributed by atoms with Gasteiger partial charge in [-0.3, -0.25) is 0 Å². The largest absolute Gasteiger partial charge is 0.495 e. The van der Waals surface area contributed by atoms with Crippen LogP contribution in [-0.2, 0) is 15.7 Å². The Morgan fingerprint density at radius 1 is 1.15 bits per heavy atom. The number of ether oxygens (including phenoxy) is 1. The normalized spacial score (nSPS) is 20.2. The first-order valence-electron chi connectivity index (χ1n) is 6.94. The SMILES string of the molecule is CCc1c(B2OC(C)(C)C(C)(C)O2)ccc(OC)c1F. The number of halogens is 1. The van der Waals surface area contributed by atoms with Crippen LogP contribution < -0.4 is 10.2 Å². The highest BCUT2D eigenvalue weighted by molar-refractivity contribution is 6.62. The van der Waals surface area contributed by atoms with Gasteiger partial charge in [-0.15, -0.1) is 0 Å². The van der Waals surface area contributed by atoms with Crippen molar-refractivity contribution < 1.29 is 18.4 Å². The smallest absolute Gasteiger partial charge is 0.494 e. The van der Waals surface area contributed by atoms with E-state index in [0.29, 0.717) is 12.0 Å². The lowest BCUT2D eigenvalue weighted by Crippen LogP contribution is -2.41. The predicted molar refractivity (Wildman–Crippen MR) is 78.0 cm³/mol. The molecule has 1 aromatic carbocycles. The summed E-state index contributed by atoms with van der Waals surface area (Å²) in [5, 5.41) is 0. The molecule has 0 saturated carbocycles. The molecule has 0 N–H and O–H groups in total. The lowest BCUT2D eigenvalue weighted by atomic mass is 9.75. The molecule has 3 nitrogen and oxygen atoms in total. The van der Waals surface area contributed by atoms with Gasteiger partial charge < -0.3 is 14.0 Å². The highest BCUT2D eigenvalue weighted by atomic mass is 19.1. The van der Waals surface area contributed by atoms with Gasteiger partial charge in [-0.25, -0.2) is 4.39 Å². The van der Waals surface area contributed by atoms with Gasteiger partial charge in [0.25, 0.3) is 0 Å². The van der Waals surface area contributed by atoms with E-state index >= 15 is 0 Å². The molecule has 2 rings (SSSR count). The molecule has 5 heteroatoms. The molecule has 0 spiro atoms. The lowest BCUT2D eigenvalue weighted by Gasteiger charge is -2.32. The third-order valence-corrected chi connectivity index (χ3v) is 4.32. The Labute approximate surface area is 120 Å². The van der Waals surface area contributed by atoms with E-state index in [-0.39, 0.29) is 11.6 Å². The third-order valence-electron chi connectivity index (χ3n) is 4.32. The second kappa shape index (κ2) is 5.04. The first-order chi connectivity index (χ1) is 9.23. The Morgan fingerprint density at radius 2 is 1.70 bits per heavy atom. The first kappa shape index (κ1) is 15.3. The molecule has 20 heavy (non-hydrogen) atoms. The van der Waals surface area contributed by atoms with Crippen LogP contribution in [0.2, 0.25) is 0 Å². The van der Waals surface area contributed by atoms with Gasteiger partial charge >= 0.3 is 7.12 Å². The van der Waals surface area contributed by atoms with Crippen molar-refractivity contribution in [2.45, 2.75) is 52.2 Å². The molecule has 1 fully saturated rings. The quantitative estimate of drug-likeness (QED) is 0.797. The van der Waals surface area contributed by atoms with Gasteiger partial charge in [-0.05, 0) is 51.2 Å². The van der Waals surface area contributed by atoms with Gasteiger partial charge in [-0.2, -0.15) is 0 Å². The summed E-state index contributed by atoms with van der Waals surface area (Å²) in [5.41, 5.74) is 0.463. The first-order valence-corrected chi connectivity index (χ1v) is 6.94. The third kappa shape index (κ3) is 2.33. The Hall–Kier alpha value is -1.07. The molecule has 0 amide bonds. The van der Waals surface area contributed by atoms with E-state index in [1.807, 2.05) is 40.7 Å². The zero-order chi connectivity index (χ0) is 15.1. The molecule has 0 bridgehead atoms. The van der Waals surface area contributed by atoms with Crippen LogP contribution in [0.1, 0.15) is 40.2 Å². The van der Waals surface area contributed by atoms with E-state index in [0.717, 1.165) is 5.46 Å². The van der Waals surface area contributed by atoms with Gasteiger partial charge in [0.15, 0.2) is 11.6 Å². The molecule has 1 heterocycles. The molecule has 1 saturated heterocycles. The van der Waals surface area contributed by atoms with Crippen LogP contribution in [-0.4, -0.2) is 25.4 Å². The van der Waals surface area contributed by atoms with E-state index in [2.05, 4.69) is 0 Å². The number of hydrogen-bond donors (Lipinski definition) is 0. The molecular weight excluding hydrogens is 258 g/mol. The molecule has 0 unspecified atom stereocenters. The van der Waals surface area contributed by atoms with Crippen LogP contribution in [0, 0.1) is 5.82 Å². The molecule has 1 aliphatic rings. The summed E-state index contributed by atoms with van der Waals surface area (Å²) in [5.74, 6) is -0.0793. The monoisotopic (exact) mass is 280 g/mol. The fourth-order valence-electron chi connectivity index (χ4n) is 2.32. The highest BCUT2D eigenvalue weighted by Crippen LogP contribution is 2.37. The second-order valence-corrected chi connectivity index (χ2v) is 6.09. The summed E-state index contributed by atoms with van der Waals surface area (Å²) in [6.07, 6.45) is 0.558. The van der Waals surface area contributed by atoms with Gasteiger partial charge in [0, 0.05) is 0 Å². The topological polar surface area (TPSA) is 27.7 Å². The zero-order valence-electron chi connectivity index (χ0n) is 13.0. The summed E-state index contributed by atoms with van der Waals surface area (Å²) in [4.78, 5) is 0. The molecule has 1 aromatic rings. The van der Waals surface area contributed by atoms with E-state index in [1.54, 1.807) is 6.07 Å². The van der Waals surface area contributed by atoms with Crippen LogP contribution in [0.15, 0.2) is 12.1 Å². The molecular formula is C15H22BFO3. The van der Waals surface area contributed by atoms with Crippen molar-refractivity contribution in [1.29, 1.82) is 0 Å². The summed E-state index contributed by atoms with van der Waals surface area (Å²) < 4.78 is 31.3. The fourth-order valence-corrected chi connectivity index (χ4v) is 2.32. The average Bonchev–Trinajstić information content (AvgIpc) is 2.58. The molecule has 0 radical (unpaired) electrons. The molecule has 0 aliphatic carbocycles. The Kier molecular flexibility index (Phi) is 3.86. The minimum absolute atomic E-state index is 0.252. The van der Waals surface area contributed by atoms with Crippen LogP contribution in [0.5, 0.6) is 5.75 Å². The highest BCUT2D eigenvalue weighted by Gasteiger charge is 2.52. The average molecular weight is 280 g/mol. The van der Waals surface area contributed by atoms with Crippen molar-refractivity contribution in [2.24, 2.45) is 0 Å². The zero-order valence-corrected chi connectivity index (χ0v) is 13.0. The van der Waals surface area contributed by atoms with Crippen LogP contribution >= 0.6 is 0 Å². The lowest BCUT2D eigenvalue weighted by molar-refractivity contribution is 0.00578. The van der Waals surface area contributed by atoms with E-state index in [4.69, 9.17) is 14.0 Å². The van der Waals surface area contributed by atoms with Crippen molar-refractivity contribution in [1.82, 2.24) is 0 Å². The van der Waals surface area contributed by atoms with Crippen molar-refractivity contribution in [2.75, 3.05) is 7.11 Å². The second-order valence-electron chi connectivity index (χ2n) is 6.09. The number of rotatable bonds is 3. The van der Waals surface area contributed by atoms with E-state index in [9.17, 15) is 4.39 Å². The van der Waals surface area contributed by atoms with Crippen molar-refractivity contribution in [3.63, 3.8) is 0 Å². The van der Waals surface area contributed by atoms with Gasteiger partial charge in [0.1, 0.15) is 0 Å². The van der Waals surface area contributed by atoms with Crippen molar-refractivity contribution in [3.8, 4) is 5.75 Å². The fraction of sp³-hybridized carbons (Fsp3) is 0.600. The molecule has 110 valence electrons. The minimum Gasteiger partial charge on any atom is -0.494 e. The maximum atomic E-state index is 14.3. The van der Waals surface area contributed by atoms with Crippen molar-refractivity contribution >= 4 is 12.6 Å². The molecule has 0 aromatic heterocycles. The Morgan fingerprint density at radius 3 is 2.15 bits per heavy atom. The number of methoxy groups -OCH3 is 1. The summed E-state index contributed by atoms with van der Waals surface area (Å²) >= 11 is 0. The molecule has 0 atom stereocenters. The summed E-state index contributed by atoms with van der Waals surface area (Å²) in [6, 6.07) is 3.44. The van der Waals surface area contributed by atoms with Gasteiger partial charge in [0.05, 0.1) is 18.3 Å². The van der Waals surface area contributed by atoms with Crippen LogP contribution in [0.3, 0.4) is 0 Å². The van der Waals surface area contributed by atoms with Crippen LogP contribution in [0.4, 0.5) is 4.39 Å². The molecule has 1 aliphatic heterocycles. The van der Waals surface area contributed by atoms with Crippen molar-refractivity contribution in [3.05, 3.63) is 23.5 Å². The maximum absolute atomic E-state index is 14.3. The van der Waals surface area contributed by atoms with Gasteiger partial charge in [0.2, 0.25) is 0 Å². The van der Waals surface area contributed by atoms with Crippen LogP contribution in [0.25, 0.3) is 0 Å². The maximum Gasteiger partial charge on any atom is 0.495 e. The number of benzene rings is 1. The Balaban J connectivity index is 2.43.